The van der Waals surface area contributed by atoms with Crippen molar-refractivity contribution in [1.29, 1.82) is 0 Å². The summed E-state index contributed by atoms with van der Waals surface area (Å²) in [5.74, 6) is 1.30. The van der Waals surface area contributed by atoms with Crippen LogP contribution >= 0.6 is 11.8 Å². The molecule has 1 unspecified atom stereocenters. The SMILES string of the molecule is CC(CCNC1CC1)N1CCSC(C)(C)C1. The lowest BCUT2D eigenvalue weighted by Gasteiger charge is -2.40. The maximum Gasteiger partial charge on any atom is 0.0231 e. The number of hydrogen-bond acceptors (Lipinski definition) is 3. The maximum absolute atomic E-state index is 3.62. The highest BCUT2D eigenvalue weighted by Crippen LogP contribution is 2.30. The smallest absolute Gasteiger partial charge is 0.0231 e. The van der Waals surface area contributed by atoms with Crippen LogP contribution in [0.3, 0.4) is 0 Å². The summed E-state index contributed by atoms with van der Waals surface area (Å²) in [6.45, 7) is 10.9. The van der Waals surface area contributed by atoms with Gasteiger partial charge in [-0.15, -0.1) is 0 Å². The molecule has 0 radical (unpaired) electrons. The van der Waals surface area contributed by atoms with E-state index in [0.29, 0.717) is 4.75 Å². The normalized spacial score (nSPS) is 27.9. The molecule has 3 heteroatoms. The second-order valence-electron chi connectivity index (χ2n) is 5.94. The zero-order valence-corrected chi connectivity index (χ0v) is 11.8. The molecular weight excluding hydrogens is 216 g/mol. The van der Waals surface area contributed by atoms with E-state index in [1.807, 2.05) is 0 Å². The van der Waals surface area contributed by atoms with Crippen LogP contribution in [0.4, 0.5) is 0 Å². The van der Waals surface area contributed by atoms with Gasteiger partial charge in [-0.1, -0.05) is 0 Å². The first-order valence-corrected chi connectivity index (χ1v) is 7.67. The fourth-order valence-corrected chi connectivity index (χ4v) is 3.53. The quantitative estimate of drug-likeness (QED) is 0.797. The lowest BCUT2D eigenvalue weighted by Crippen LogP contribution is -2.47. The predicted molar refractivity (Wildman–Crippen MR) is 73.2 cm³/mol. The Balaban J connectivity index is 1.68. The Morgan fingerprint density at radius 1 is 1.44 bits per heavy atom. The van der Waals surface area contributed by atoms with Crippen LogP contribution in [0.5, 0.6) is 0 Å². The summed E-state index contributed by atoms with van der Waals surface area (Å²) in [7, 11) is 0. The monoisotopic (exact) mass is 242 g/mol. The van der Waals surface area contributed by atoms with Crippen LogP contribution in [-0.4, -0.2) is 47.1 Å². The Hall–Kier alpha value is 0.270. The zero-order chi connectivity index (χ0) is 11.6. The molecule has 0 amide bonds. The van der Waals surface area contributed by atoms with Crippen molar-refractivity contribution in [2.45, 2.75) is 56.9 Å². The van der Waals surface area contributed by atoms with Crippen LogP contribution in [0.1, 0.15) is 40.0 Å². The van der Waals surface area contributed by atoms with Gasteiger partial charge in [0.2, 0.25) is 0 Å². The molecule has 1 saturated heterocycles. The van der Waals surface area contributed by atoms with E-state index in [-0.39, 0.29) is 0 Å². The van der Waals surface area contributed by atoms with Gasteiger partial charge in [0.15, 0.2) is 0 Å². The maximum atomic E-state index is 3.62. The lowest BCUT2D eigenvalue weighted by atomic mass is 10.1. The summed E-state index contributed by atoms with van der Waals surface area (Å²) in [6, 6.07) is 1.60. The molecule has 0 aromatic rings. The minimum absolute atomic E-state index is 0.455. The molecule has 2 nitrogen and oxygen atoms in total. The molecule has 1 saturated carbocycles. The second-order valence-corrected chi connectivity index (χ2v) is 7.75. The van der Waals surface area contributed by atoms with Gasteiger partial charge in [0.05, 0.1) is 0 Å². The van der Waals surface area contributed by atoms with Crippen LogP contribution in [0.25, 0.3) is 0 Å². The van der Waals surface area contributed by atoms with Gasteiger partial charge in [-0.3, -0.25) is 4.90 Å². The molecule has 16 heavy (non-hydrogen) atoms. The number of thioether (sulfide) groups is 1. The molecule has 1 heterocycles. The highest BCUT2D eigenvalue weighted by molar-refractivity contribution is 8.00. The van der Waals surface area contributed by atoms with Crippen molar-refractivity contribution in [3.05, 3.63) is 0 Å². The highest BCUT2D eigenvalue weighted by atomic mass is 32.2. The van der Waals surface area contributed by atoms with Crippen LogP contribution in [0.15, 0.2) is 0 Å². The fraction of sp³-hybridized carbons (Fsp3) is 1.00. The Labute approximate surface area is 105 Å². The number of nitrogens with zero attached hydrogens (tertiary/aromatic N) is 1. The van der Waals surface area contributed by atoms with E-state index in [4.69, 9.17) is 0 Å². The van der Waals surface area contributed by atoms with E-state index in [2.05, 4.69) is 42.7 Å². The molecule has 2 fully saturated rings. The van der Waals surface area contributed by atoms with Crippen molar-refractivity contribution in [2.75, 3.05) is 25.4 Å². The summed E-state index contributed by atoms with van der Waals surface area (Å²) >= 11 is 2.12. The number of nitrogens with one attached hydrogen (secondary N) is 1. The lowest BCUT2D eigenvalue weighted by molar-refractivity contribution is 0.190. The van der Waals surface area contributed by atoms with Gasteiger partial charge in [-0.25, -0.2) is 0 Å². The van der Waals surface area contributed by atoms with Gasteiger partial charge in [-0.05, 0) is 46.6 Å². The van der Waals surface area contributed by atoms with Gasteiger partial charge >= 0.3 is 0 Å². The summed E-state index contributed by atoms with van der Waals surface area (Å²) in [6.07, 6.45) is 4.11. The molecule has 1 N–H and O–H groups in total. The zero-order valence-electron chi connectivity index (χ0n) is 11.0. The van der Waals surface area contributed by atoms with E-state index in [1.54, 1.807) is 0 Å². The van der Waals surface area contributed by atoms with E-state index in [1.165, 1.54) is 44.6 Å². The van der Waals surface area contributed by atoms with Crippen LogP contribution in [-0.2, 0) is 0 Å². The molecular formula is C13H26N2S. The van der Waals surface area contributed by atoms with Gasteiger partial charge in [0, 0.05) is 35.7 Å². The molecule has 1 aliphatic carbocycles. The first-order chi connectivity index (χ1) is 7.57. The fourth-order valence-electron chi connectivity index (χ4n) is 2.40. The largest absolute Gasteiger partial charge is 0.314 e. The average molecular weight is 242 g/mol. The van der Waals surface area contributed by atoms with E-state index >= 15 is 0 Å². The molecule has 1 atom stereocenters. The van der Waals surface area contributed by atoms with E-state index in [9.17, 15) is 0 Å². The summed E-state index contributed by atoms with van der Waals surface area (Å²) in [5.41, 5.74) is 0. The Bertz CT molecular complexity index is 226. The first-order valence-electron chi connectivity index (χ1n) is 6.68. The summed E-state index contributed by atoms with van der Waals surface area (Å²) in [4.78, 5) is 2.67. The number of hydrogen-bond donors (Lipinski definition) is 1. The Kier molecular flexibility index (Phi) is 4.20. The van der Waals surface area contributed by atoms with E-state index < -0.39 is 0 Å². The molecule has 0 spiro atoms. The van der Waals surface area contributed by atoms with Crippen molar-refractivity contribution in [3.8, 4) is 0 Å². The van der Waals surface area contributed by atoms with E-state index in [0.717, 1.165) is 12.1 Å². The molecule has 0 aromatic carbocycles. The number of rotatable bonds is 5. The Morgan fingerprint density at radius 3 is 2.81 bits per heavy atom. The van der Waals surface area contributed by atoms with Crippen molar-refractivity contribution < 1.29 is 0 Å². The van der Waals surface area contributed by atoms with Crippen molar-refractivity contribution in [3.63, 3.8) is 0 Å². The molecule has 2 rings (SSSR count). The van der Waals surface area contributed by atoms with Crippen molar-refractivity contribution >= 4 is 11.8 Å². The van der Waals surface area contributed by atoms with Crippen LogP contribution in [0.2, 0.25) is 0 Å². The summed E-state index contributed by atoms with van der Waals surface area (Å²) < 4.78 is 0.455. The summed E-state index contributed by atoms with van der Waals surface area (Å²) in [5, 5.41) is 3.62. The third kappa shape index (κ3) is 3.94. The van der Waals surface area contributed by atoms with Crippen LogP contribution in [0, 0.1) is 0 Å². The van der Waals surface area contributed by atoms with Gasteiger partial charge in [0.1, 0.15) is 0 Å². The van der Waals surface area contributed by atoms with Gasteiger partial charge < -0.3 is 5.32 Å². The van der Waals surface area contributed by atoms with Gasteiger partial charge in [-0.2, -0.15) is 11.8 Å². The first kappa shape index (κ1) is 12.7. The highest BCUT2D eigenvalue weighted by Gasteiger charge is 2.29. The minimum atomic E-state index is 0.455. The molecule has 0 bridgehead atoms. The van der Waals surface area contributed by atoms with Crippen LogP contribution < -0.4 is 5.32 Å². The molecule has 94 valence electrons. The molecule has 2 aliphatic rings. The molecule has 0 aromatic heterocycles. The van der Waals surface area contributed by atoms with Gasteiger partial charge in [0.25, 0.3) is 0 Å². The van der Waals surface area contributed by atoms with Crippen molar-refractivity contribution in [1.82, 2.24) is 10.2 Å². The third-order valence-electron chi connectivity index (χ3n) is 3.65. The van der Waals surface area contributed by atoms with Crippen molar-refractivity contribution in [2.24, 2.45) is 0 Å². The third-order valence-corrected chi connectivity index (χ3v) is 4.95. The molecule has 1 aliphatic heterocycles. The topological polar surface area (TPSA) is 15.3 Å². The second kappa shape index (κ2) is 5.28. The minimum Gasteiger partial charge on any atom is -0.314 e. The predicted octanol–water partition coefficient (Wildman–Crippen LogP) is 2.34. The average Bonchev–Trinajstić information content (AvgIpc) is 3.00. The Morgan fingerprint density at radius 2 is 2.19 bits per heavy atom. The standard InChI is InChI=1S/C13H26N2S/c1-11(6-7-14-12-4-5-12)15-8-9-16-13(2,3)10-15/h11-12,14H,4-10H2,1-3H3.